The van der Waals surface area contributed by atoms with Crippen molar-refractivity contribution in [1.29, 1.82) is 5.26 Å². The average molecular weight is 606 g/mol. The van der Waals surface area contributed by atoms with Gasteiger partial charge in [-0.25, -0.2) is 4.39 Å². The zero-order chi connectivity index (χ0) is 31.5. The normalized spacial score (nSPS) is 17.9. The number of fused-ring (bicyclic) bond motifs is 2. The summed E-state index contributed by atoms with van der Waals surface area (Å²) in [5, 5.41) is 10.7. The molecule has 232 valence electrons. The van der Waals surface area contributed by atoms with Gasteiger partial charge in [-0.1, -0.05) is 0 Å². The van der Waals surface area contributed by atoms with Crippen molar-refractivity contribution >= 4 is 45.0 Å². The Labute approximate surface area is 263 Å². The molecule has 1 aromatic heterocycles. The van der Waals surface area contributed by atoms with E-state index < -0.39 is 0 Å². The van der Waals surface area contributed by atoms with Gasteiger partial charge in [0.25, 0.3) is 5.56 Å². The average Bonchev–Trinajstić information content (AvgIpc) is 3.05. The summed E-state index contributed by atoms with van der Waals surface area (Å²) in [5.41, 5.74) is 13.7. The fourth-order valence-electron chi connectivity index (χ4n) is 7.71. The van der Waals surface area contributed by atoms with Crippen molar-refractivity contribution in [2.75, 3.05) is 71.6 Å². The molecule has 7 rings (SSSR count). The third-order valence-corrected chi connectivity index (χ3v) is 10.6. The highest BCUT2D eigenvalue weighted by Gasteiger charge is 2.38. The van der Waals surface area contributed by atoms with Crippen LogP contribution in [-0.4, -0.2) is 50.9 Å². The number of benzene rings is 3. The van der Waals surface area contributed by atoms with Crippen molar-refractivity contribution in [2.24, 2.45) is 12.5 Å². The monoisotopic (exact) mass is 605 g/mol. The lowest BCUT2D eigenvalue weighted by atomic mass is 9.71. The van der Waals surface area contributed by atoms with E-state index in [1.807, 2.05) is 38.2 Å². The summed E-state index contributed by atoms with van der Waals surface area (Å²) in [4.78, 5) is 22.3. The predicted octanol–water partition coefficient (Wildman–Crippen LogP) is 5.91. The van der Waals surface area contributed by atoms with Crippen LogP contribution >= 0.6 is 0 Å². The molecule has 9 heteroatoms. The van der Waals surface area contributed by atoms with Crippen LogP contribution in [-0.2, 0) is 7.05 Å². The minimum atomic E-state index is -0.246. The molecule has 2 N–H and O–H groups in total. The third kappa shape index (κ3) is 5.02. The summed E-state index contributed by atoms with van der Waals surface area (Å²) >= 11 is 0. The van der Waals surface area contributed by atoms with E-state index in [1.165, 1.54) is 6.07 Å². The molecule has 0 amide bonds. The highest BCUT2D eigenvalue weighted by molar-refractivity contribution is 5.99. The third-order valence-electron chi connectivity index (χ3n) is 10.6. The second kappa shape index (κ2) is 11.0. The zero-order valence-electron chi connectivity index (χ0n) is 26.3. The number of aryl methyl sites for hydroxylation is 2. The SMILES string of the molecule is Cc1cc2c(N3CCN(C)c4ccc(C#N)cc43)cc(N3CCC4(CC3)CCN(c3ccc(N)cc3F)CC4)cc2n(C)c1=O. The van der Waals surface area contributed by atoms with Gasteiger partial charge in [-0.05, 0) is 92.6 Å². The molecule has 45 heavy (non-hydrogen) atoms. The number of nitrogens with zero attached hydrogens (tertiary/aromatic N) is 6. The number of likely N-dealkylation sites (N-methyl/N-ethyl adjacent to an activating group) is 1. The molecule has 0 radical (unpaired) electrons. The van der Waals surface area contributed by atoms with Crippen molar-refractivity contribution in [3.63, 3.8) is 0 Å². The summed E-state index contributed by atoms with van der Waals surface area (Å²) in [6, 6.07) is 19.7. The first kappa shape index (κ1) is 29.0. The number of hydrogen-bond donors (Lipinski definition) is 1. The topological polar surface area (TPSA) is 84.8 Å². The van der Waals surface area contributed by atoms with Gasteiger partial charge in [0.15, 0.2) is 0 Å². The molecular weight excluding hydrogens is 565 g/mol. The Balaban J connectivity index is 1.20. The fraction of sp³-hybridized carbons (Fsp3) is 0.389. The summed E-state index contributed by atoms with van der Waals surface area (Å²) in [5.74, 6) is -0.246. The molecule has 3 aliphatic heterocycles. The number of piperidine rings is 2. The number of hydrogen-bond acceptors (Lipinski definition) is 7. The Hall–Kier alpha value is -4.71. The van der Waals surface area contributed by atoms with Crippen molar-refractivity contribution < 1.29 is 4.39 Å². The summed E-state index contributed by atoms with van der Waals surface area (Å²) in [6.45, 7) is 7.04. The second-order valence-electron chi connectivity index (χ2n) is 13.2. The molecule has 1 spiro atoms. The van der Waals surface area contributed by atoms with Crippen LogP contribution in [0.1, 0.15) is 36.8 Å². The van der Waals surface area contributed by atoms with E-state index in [9.17, 15) is 14.4 Å². The molecule has 0 saturated carbocycles. The van der Waals surface area contributed by atoms with Gasteiger partial charge in [0.1, 0.15) is 5.82 Å². The Morgan fingerprint density at radius 1 is 0.800 bits per heavy atom. The molecule has 3 aromatic carbocycles. The molecule has 0 aliphatic carbocycles. The smallest absolute Gasteiger partial charge is 0.253 e. The van der Waals surface area contributed by atoms with Crippen LogP contribution in [0.3, 0.4) is 0 Å². The number of nitrogen functional groups attached to an aromatic ring is 1. The zero-order valence-corrected chi connectivity index (χ0v) is 26.3. The van der Waals surface area contributed by atoms with E-state index >= 15 is 0 Å². The molecule has 3 aliphatic rings. The lowest BCUT2D eigenvalue weighted by Crippen LogP contribution is -2.47. The molecule has 8 nitrogen and oxygen atoms in total. The van der Waals surface area contributed by atoms with Crippen LogP contribution in [0.25, 0.3) is 10.9 Å². The number of aromatic nitrogens is 1. The minimum absolute atomic E-state index is 0.0121. The summed E-state index contributed by atoms with van der Waals surface area (Å²) < 4.78 is 16.4. The molecule has 0 atom stereocenters. The molecule has 4 aromatic rings. The first-order valence-corrected chi connectivity index (χ1v) is 15.9. The lowest BCUT2D eigenvalue weighted by molar-refractivity contribution is 0.166. The van der Waals surface area contributed by atoms with Crippen LogP contribution in [0, 0.1) is 29.5 Å². The lowest BCUT2D eigenvalue weighted by Gasteiger charge is -2.48. The number of nitriles is 1. The maximum atomic E-state index is 14.6. The van der Waals surface area contributed by atoms with E-state index in [0.29, 0.717) is 22.5 Å². The molecular formula is C36H40FN7O. The Bertz CT molecular complexity index is 1890. The predicted molar refractivity (Wildman–Crippen MR) is 181 cm³/mol. The van der Waals surface area contributed by atoms with E-state index in [1.54, 1.807) is 16.7 Å². The number of anilines is 6. The highest BCUT2D eigenvalue weighted by Crippen LogP contribution is 2.46. The molecule has 0 unspecified atom stereocenters. The second-order valence-corrected chi connectivity index (χ2v) is 13.2. The van der Waals surface area contributed by atoms with Crippen LogP contribution in [0.2, 0.25) is 0 Å². The number of rotatable bonds is 3. The van der Waals surface area contributed by atoms with Crippen LogP contribution in [0.4, 0.5) is 38.5 Å². The van der Waals surface area contributed by atoms with Crippen LogP contribution < -0.4 is 30.9 Å². The maximum Gasteiger partial charge on any atom is 0.253 e. The maximum absolute atomic E-state index is 14.6. The Morgan fingerprint density at radius 3 is 2.18 bits per heavy atom. The largest absolute Gasteiger partial charge is 0.399 e. The highest BCUT2D eigenvalue weighted by atomic mass is 19.1. The Morgan fingerprint density at radius 2 is 1.49 bits per heavy atom. The van der Waals surface area contributed by atoms with Crippen molar-refractivity contribution in [3.05, 3.63) is 81.9 Å². The van der Waals surface area contributed by atoms with E-state index in [0.717, 1.165) is 98.6 Å². The van der Waals surface area contributed by atoms with E-state index in [4.69, 9.17) is 5.73 Å². The first-order valence-electron chi connectivity index (χ1n) is 15.9. The molecule has 2 saturated heterocycles. The summed E-state index contributed by atoms with van der Waals surface area (Å²) in [7, 11) is 3.95. The van der Waals surface area contributed by atoms with Gasteiger partial charge in [-0.15, -0.1) is 0 Å². The van der Waals surface area contributed by atoms with Crippen molar-refractivity contribution in [1.82, 2.24) is 4.57 Å². The fourth-order valence-corrected chi connectivity index (χ4v) is 7.71. The van der Waals surface area contributed by atoms with Crippen LogP contribution in [0.5, 0.6) is 0 Å². The van der Waals surface area contributed by atoms with Gasteiger partial charge < -0.3 is 29.9 Å². The standard InChI is InChI=1S/C36H40FN7O/c1-24-18-28-32(41(3)35(24)45)21-27(22-33(28)44-17-16-40(2)31-6-4-25(23-38)19-34(31)44)42-12-8-36(9-13-42)10-14-43(15-11-36)30-7-5-26(39)20-29(30)37/h4-7,18-22H,8-17,39H2,1-3H3. The van der Waals surface area contributed by atoms with Crippen molar-refractivity contribution in [2.45, 2.75) is 32.6 Å². The van der Waals surface area contributed by atoms with Crippen LogP contribution in [0.15, 0.2) is 59.4 Å². The van der Waals surface area contributed by atoms with Gasteiger partial charge in [-0.2, -0.15) is 5.26 Å². The van der Waals surface area contributed by atoms with E-state index in [2.05, 4.69) is 44.8 Å². The number of halogens is 1. The van der Waals surface area contributed by atoms with Crippen molar-refractivity contribution in [3.8, 4) is 6.07 Å². The minimum Gasteiger partial charge on any atom is -0.399 e. The molecule has 0 bridgehead atoms. The van der Waals surface area contributed by atoms with E-state index in [-0.39, 0.29) is 16.8 Å². The molecule has 2 fully saturated rings. The van der Waals surface area contributed by atoms with Gasteiger partial charge >= 0.3 is 0 Å². The van der Waals surface area contributed by atoms with Gasteiger partial charge in [0.05, 0.1) is 39.9 Å². The van der Waals surface area contributed by atoms with Gasteiger partial charge in [-0.3, -0.25) is 4.79 Å². The number of nitrogens with two attached hydrogens (primary N) is 1. The molecule has 4 heterocycles. The quantitative estimate of drug-likeness (QED) is 0.291. The first-order chi connectivity index (χ1) is 21.7. The van der Waals surface area contributed by atoms with Gasteiger partial charge in [0, 0.05) is 75.7 Å². The van der Waals surface area contributed by atoms with Gasteiger partial charge in [0.2, 0.25) is 0 Å². The number of pyridine rings is 1. The summed E-state index contributed by atoms with van der Waals surface area (Å²) in [6.07, 6.45) is 4.24. The Kier molecular flexibility index (Phi) is 7.11.